The van der Waals surface area contributed by atoms with Crippen molar-refractivity contribution in [1.82, 2.24) is 10.2 Å². The van der Waals surface area contributed by atoms with Gasteiger partial charge in [-0.3, -0.25) is 9.69 Å². The van der Waals surface area contributed by atoms with E-state index in [0.717, 1.165) is 24.9 Å². The lowest BCUT2D eigenvalue weighted by Crippen LogP contribution is -2.52. The minimum Gasteiger partial charge on any atom is -0.388 e. The molecule has 1 saturated heterocycles. The van der Waals surface area contributed by atoms with E-state index >= 15 is 0 Å². The molecule has 2 rings (SSSR count). The Kier molecular flexibility index (Phi) is 6.40. The quantitative estimate of drug-likeness (QED) is 0.849. The van der Waals surface area contributed by atoms with Crippen molar-refractivity contribution in [2.24, 2.45) is 0 Å². The first-order valence-electron chi connectivity index (χ1n) is 8.36. The highest BCUT2D eigenvalue weighted by atomic mass is 16.3. The lowest BCUT2D eigenvalue weighted by atomic mass is 9.99. The second-order valence-corrected chi connectivity index (χ2v) is 6.35. The maximum Gasteiger partial charge on any atom is 0.237 e. The summed E-state index contributed by atoms with van der Waals surface area (Å²) in [5, 5.41) is 13.1. The maximum atomic E-state index is 12.4. The number of piperidine rings is 1. The van der Waals surface area contributed by atoms with Crippen LogP contribution in [0, 0.1) is 0 Å². The Morgan fingerprint density at radius 3 is 2.73 bits per heavy atom. The summed E-state index contributed by atoms with van der Waals surface area (Å²) in [7, 11) is 0. The Labute approximate surface area is 133 Å². The Balaban J connectivity index is 1.79. The first-order valence-corrected chi connectivity index (χ1v) is 8.36. The lowest BCUT2D eigenvalue weighted by Gasteiger charge is -2.37. The molecule has 0 bridgehead atoms. The van der Waals surface area contributed by atoms with Crippen LogP contribution in [0.4, 0.5) is 0 Å². The summed E-state index contributed by atoms with van der Waals surface area (Å²) in [6, 6.07) is 9.97. The van der Waals surface area contributed by atoms with Gasteiger partial charge in [0, 0.05) is 12.6 Å². The number of benzene rings is 1. The van der Waals surface area contributed by atoms with Crippen molar-refractivity contribution in [2.75, 3.05) is 13.1 Å². The number of hydrogen-bond acceptors (Lipinski definition) is 3. The molecular formula is C18H28N2O2. The number of aliphatic hydroxyl groups is 1. The van der Waals surface area contributed by atoms with Gasteiger partial charge >= 0.3 is 0 Å². The highest BCUT2D eigenvalue weighted by Gasteiger charge is 2.29. The molecule has 1 fully saturated rings. The second-order valence-electron chi connectivity index (χ2n) is 6.35. The topological polar surface area (TPSA) is 52.6 Å². The monoisotopic (exact) mass is 304 g/mol. The largest absolute Gasteiger partial charge is 0.388 e. The molecule has 2 unspecified atom stereocenters. The summed E-state index contributed by atoms with van der Waals surface area (Å²) in [6.07, 6.45) is 3.26. The number of rotatable bonds is 6. The number of amides is 1. The van der Waals surface area contributed by atoms with Crippen LogP contribution >= 0.6 is 0 Å². The molecule has 4 heteroatoms. The summed E-state index contributed by atoms with van der Waals surface area (Å²) in [5.41, 5.74) is 0.901. The second kappa shape index (κ2) is 8.30. The summed E-state index contributed by atoms with van der Waals surface area (Å²) in [5.74, 6) is 0.105. The third kappa shape index (κ3) is 4.55. The zero-order valence-electron chi connectivity index (χ0n) is 13.7. The van der Waals surface area contributed by atoms with E-state index in [1.807, 2.05) is 30.3 Å². The fraction of sp³-hybridized carbons (Fsp3) is 0.611. The number of carbonyl (C=O) groups excluding carboxylic acids is 1. The number of nitrogens with zero attached hydrogens (tertiary/aromatic N) is 1. The third-order valence-electron chi connectivity index (χ3n) is 4.41. The molecular weight excluding hydrogens is 276 g/mol. The number of nitrogens with one attached hydrogen (secondary N) is 1. The van der Waals surface area contributed by atoms with Gasteiger partial charge < -0.3 is 10.4 Å². The normalized spacial score (nSPS) is 20.8. The Hall–Kier alpha value is -1.39. The van der Waals surface area contributed by atoms with Crippen LogP contribution in [0.15, 0.2) is 30.3 Å². The van der Waals surface area contributed by atoms with Gasteiger partial charge in [-0.1, -0.05) is 36.8 Å². The van der Waals surface area contributed by atoms with Crippen molar-refractivity contribution in [3.8, 4) is 0 Å². The minimum absolute atomic E-state index is 0.0115. The van der Waals surface area contributed by atoms with Crippen LogP contribution in [0.25, 0.3) is 0 Å². The molecule has 0 aliphatic carbocycles. The molecule has 1 amide bonds. The van der Waals surface area contributed by atoms with Gasteiger partial charge in [0.25, 0.3) is 0 Å². The molecule has 1 aromatic carbocycles. The molecule has 1 heterocycles. The summed E-state index contributed by atoms with van der Waals surface area (Å²) < 4.78 is 0. The number of likely N-dealkylation sites (tertiary alicyclic amines) is 1. The molecule has 0 radical (unpaired) electrons. The molecule has 0 spiro atoms. The average molecular weight is 304 g/mol. The van der Waals surface area contributed by atoms with Crippen LogP contribution < -0.4 is 5.32 Å². The highest BCUT2D eigenvalue weighted by Crippen LogP contribution is 2.20. The van der Waals surface area contributed by atoms with Crippen molar-refractivity contribution < 1.29 is 9.90 Å². The van der Waals surface area contributed by atoms with Gasteiger partial charge in [0.15, 0.2) is 0 Å². The molecule has 0 saturated carbocycles. The summed E-state index contributed by atoms with van der Waals surface area (Å²) in [6.45, 7) is 5.80. The first kappa shape index (κ1) is 17.0. The van der Waals surface area contributed by atoms with Crippen LogP contribution in [0.5, 0.6) is 0 Å². The van der Waals surface area contributed by atoms with Gasteiger partial charge in [-0.25, -0.2) is 0 Å². The van der Waals surface area contributed by atoms with E-state index in [9.17, 15) is 9.90 Å². The van der Waals surface area contributed by atoms with E-state index in [2.05, 4.69) is 24.1 Å². The van der Waals surface area contributed by atoms with Crippen molar-refractivity contribution in [3.63, 3.8) is 0 Å². The smallest absolute Gasteiger partial charge is 0.237 e. The van der Waals surface area contributed by atoms with Gasteiger partial charge in [-0.05, 0) is 45.2 Å². The SMILES string of the molecule is CC(C)N1CCCCC1C(=O)NCCC(O)c1ccccc1. The minimum atomic E-state index is -0.519. The van der Waals surface area contributed by atoms with Crippen molar-refractivity contribution in [2.45, 2.75) is 57.7 Å². The molecule has 2 atom stereocenters. The van der Waals surface area contributed by atoms with Gasteiger partial charge in [-0.2, -0.15) is 0 Å². The third-order valence-corrected chi connectivity index (χ3v) is 4.41. The predicted octanol–water partition coefficient (Wildman–Crippen LogP) is 2.49. The molecule has 1 aliphatic rings. The van der Waals surface area contributed by atoms with E-state index in [4.69, 9.17) is 0 Å². The first-order chi connectivity index (χ1) is 10.6. The Morgan fingerprint density at radius 1 is 1.32 bits per heavy atom. The van der Waals surface area contributed by atoms with Gasteiger partial charge in [0.1, 0.15) is 0 Å². The van der Waals surface area contributed by atoms with Crippen molar-refractivity contribution in [3.05, 3.63) is 35.9 Å². The van der Waals surface area contributed by atoms with Gasteiger partial charge in [0.05, 0.1) is 12.1 Å². The molecule has 2 N–H and O–H groups in total. The van der Waals surface area contributed by atoms with E-state index in [1.54, 1.807) is 0 Å². The van der Waals surface area contributed by atoms with Gasteiger partial charge in [0.2, 0.25) is 5.91 Å². The van der Waals surface area contributed by atoms with Gasteiger partial charge in [-0.15, -0.1) is 0 Å². The van der Waals surface area contributed by atoms with E-state index in [-0.39, 0.29) is 11.9 Å². The van der Waals surface area contributed by atoms with Crippen LogP contribution in [0.1, 0.15) is 51.2 Å². The van der Waals surface area contributed by atoms with E-state index in [0.29, 0.717) is 19.0 Å². The highest BCUT2D eigenvalue weighted by molar-refractivity contribution is 5.81. The lowest BCUT2D eigenvalue weighted by molar-refractivity contribution is -0.128. The Bertz CT molecular complexity index is 461. The fourth-order valence-corrected chi connectivity index (χ4v) is 3.15. The molecule has 1 aromatic rings. The van der Waals surface area contributed by atoms with Crippen LogP contribution in [0.3, 0.4) is 0 Å². The standard InChI is InChI=1S/C18H28N2O2/c1-14(2)20-13-7-6-10-16(20)18(22)19-12-11-17(21)15-8-4-3-5-9-15/h3-5,8-9,14,16-17,21H,6-7,10-13H2,1-2H3,(H,19,22). The van der Waals surface area contributed by atoms with Crippen molar-refractivity contribution >= 4 is 5.91 Å². The number of aliphatic hydroxyl groups excluding tert-OH is 1. The molecule has 22 heavy (non-hydrogen) atoms. The summed E-state index contributed by atoms with van der Waals surface area (Å²) in [4.78, 5) is 14.7. The van der Waals surface area contributed by atoms with Crippen molar-refractivity contribution in [1.29, 1.82) is 0 Å². The molecule has 122 valence electrons. The molecule has 4 nitrogen and oxygen atoms in total. The maximum absolute atomic E-state index is 12.4. The predicted molar refractivity (Wildman–Crippen MR) is 88.5 cm³/mol. The Morgan fingerprint density at radius 2 is 2.05 bits per heavy atom. The van der Waals surface area contributed by atoms with Crippen LogP contribution in [0.2, 0.25) is 0 Å². The van der Waals surface area contributed by atoms with E-state index < -0.39 is 6.10 Å². The zero-order chi connectivity index (χ0) is 15.9. The van der Waals surface area contributed by atoms with Crippen LogP contribution in [-0.4, -0.2) is 41.1 Å². The number of carbonyl (C=O) groups is 1. The number of hydrogen-bond donors (Lipinski definition) is 2. The fourth-order valence-electron chi connectivity index (χ4n) is 3.15. The summed E-state index contributed by atoms with van der Waals surface area (Å²) >= 11 is 0. The van der Waals surface area contributed by atoms with E-state index in [1.165, 1.54) is 6.42 Å². The average Bonchev–Trinajstić information content (AvgIpc) is 2.55. The van der Waals surface area contributed by atoms with Crippen LogP contribution in [-0.2, 0) is 4.79 Å². The molecule has 0 aromatic heterocycles. The zero-order valence-corrected chi connectivity index (χ0v) is 13.7. The molecule has 1 aliphatic heterocycles.